The molecule has 0 amide bonds. The zero-order valence-corrected chi connectivity index (χ0v) is 39.7. The number of fused-ring (bicyclic) bond motifs is 11. The summed E-state index contributed by atoms with van der Waals surface area (Å²) in [5, 5.41) is 7.30. The first-order valence-corrected chi connectivity index (χ1v) is 24.6. The summed E-state index contributed by atoms with van der Waals surface area (Å²) >= 11 is 0. The van der Waals surface area contributed by atoms with Crippen LogP contribution in [0.2, 0.25) is 0 Å². The summed E-state index contributed by atoms with van der Waals surface area (Å²) in [4.78, 5) is 2.47. The SMILES string of the molecule is CC1(C)c2cc(-c3ccc4ccccc4c3)ccc2-c2ccc(N(c3cccc(-c4cccc5c4oc4ccccc45)c3)c3ccc4c(c3)C(C)(C)c3cc(-c5ccc6ccccc6c5)ccc3-4)cc21. The van der Waals surface area contributed by atoms with E-state index in [1.165, 1.54) is 88.3 Å². The fraction of sp³-hybridized carbons (Fsp3) is 0.0882. The van der Waals surface area contributed by atoms with E-state index in [2.05, 4.69) is 251 Å². The summed E-state index contributed by atoms with van der Waals surface area (Å²) in [6, 6.07) is 83.3. The Morgan fingerprint density at radius 1 is 0.300 bits per heavy atom. The first-order chi connectivity index (χ1) is 34.2. The van der Waals surface area contributed by atoms with Gasteiger partial charge in [-0.25, -0.2) is 0 Å². The van der Waals surface area contributed by atoms with E-state index in [-0.39, 0.29) is 10.8 Å². The first kappa shape index (κ1) is 40.6. The Labute approximate surface area is 408 Å². The monoisotopic (exact) mass is 895 g/mol. The van der Waals surface area contributed by atoms with E-state index in [1.807, 2.05) is 6.07 Å². The van der Waals surface area contributed by atoms with Gasteiger partial charge in [0.25, 0.3) is 0 Å². The lowest BCUT2D eigenvalue weighted by Crippen LogP contribution is -2.18. The second-order valence-corrected chi connectivity index (χ2v) is 20.5. The molecular formula is C68H49NO. The summed E-state index contributed by atoms with van der Waals surface area (Å²) in [6.07, 6.45) is 0. The molecule has 0 N–H and O–H groups in total. The van der Waals surface area contributed by atoms with Crippen molar-refractivity contribution in [3.63, 3.8) is 0 Å². The molecule has 0 saturated heterocycles. The Morgan fingerprint density at radius 3 is 1.33 bits per heavy atom. The Hall–Kier alpha value is -8.46. The Morgan fingerprint density at radius 2 is 0.743 bits per heavy atom. The zero-order chi connectivity index (χ0) is 46.9. The van der Waals surface area contributed by atoms with Crippen molar-refractivity contribution in [2.45, 2.75) is 38.5 Å². The van der Waals surface area contributed by atoms with Crippen molar-refractivity contribution >= 4 is 60.5 Å². The van der Waals surface area contributed by atoms with Gasteiger partial charge in [-0.2, -0.15) is 0 Å². The third-order valence-corrected chi connectivity index (χ3v) is 15.8. The van der Waals surface area contributed by atoms with Crippen LogP contribution in [0.1, 0.15) is 49.9 Å². The maximum Gasteiger partial charge on any atom is 0.143 e. The Bertz CT molecular complexity index is 3950. The number of hydrogen-bond donors (Lipinski definition) is 0. The Kier molecular flexibility index (Phi) is 8.71. The van der Waals surface area contributed by atoms with Gasteiger partial charge in [0.05, 0.1) is 0 Å². The fourth-order valence-electron chi connectivity index (χ4n) is 12.1. The highest BCUT2D eigenvalue weighted by Crippen LogP contribution is 2.54. The molecule has 1 aromatic heterocycles. The smallest absolute Gasteiger partial charge is 0.143 e. The van der Waals surface area contributed by atoms with Crippen LogP contribution in [0.4, 0.5) is 17.1 Å². The summed E-state index contributed by atoms with van der Waals surface area (Å²) in [5.74, 6) is 0. The molecule has 12 aromatic rings. The fourth-order valence-corrected chi connectivity index (χ4v) is 12.1. The summed E-state index contributed by atoms with van der Waals surface area (Å²) < 4.78 is 6.61. The molecule has 0 saturated carbocycles. The van der Waals surface area contributed by atoms with Gasteiger partial charge in [-0.3, -0.25) is 0 Å². The number of rotatable bonds is 6. The minimum atomic E-state index is -0.234. The molecule has 1 heterocycles. The van der Waals surface area contributed by atoms with Gasteiger partial charge in [-0.1, -0.05) is 185 Å². The number of benzene rings is 11. The van der Waals surface area contributed by atoms with Crippen molar-refractivity contribution in [2.24, 2.45) is 0 Å². The highest BCUT2D eigenvalue weighted by Gasteiger charge is 2.38. The highest BCUT2D eigenvalue weighted by atomic mass is 16.3. The van der Waals surface area contributed by atoms with E-state index in [9.17, 15) is 0 Å². The molecule has 2 nitrogen and oxygen atoms in total. The molecule has 0 spiro atoms. The summed E-state index contributed by atoms with van der Waals surface area (Å²) in [7, 11) is 0. The lowest BCUT2D eigenvalue weighted by molar-refractivity contribution is 0.660. The normalized spacial score (nSPS) is 13.9. The second kappa shape index (κ2) is 15.0. The van der Waals surface area contributed by atoms with Gasteiger partial charge in [0, 0.05) is 44.2 Å². The standard InChI is InChI=1S/C68H49NO/c1-67(2)61-38-48(46-25-23-42-13-5-7-15-44(42)35-46)27-31-55(61)57-33-29-52(40-63(57)67)69(51-18-11-17-50(37-51)54-20-12-21-60-59-19-9-10-22-65(59)70-66(54)60)53-30-34-58-56-32-28-49(39-62(56)68(3,4)64(58)41-53)47-26-24-43-14-6-8-16-45(43)36-47/h5-41H,1-4H3. The number of para-hydroxylation sites is 2. The molecule has 0 bridgehead atoms. The molecule has 70 heavy (non-hydrogen) atoms. The second-order valence-electron chi connectivity index (χ2n) is 20.5. The number of furan rings is 1. The van der Waals surface area contributed by atoms with Gasteiger partial charge in [0.2, 0.25) is 0 Å². The number of anilines is 3. The molecule has 14 rings (SSSR count). The van der Waals surface area contributed by atoms with Gasteiger partial charge in [-0.15, -0.1) is 0 Å². The lowest BCUT2D eigenvalue weighted by atomic mass is 9.81. The molecule has 0 unspecified atom stereocenters. The number of nitrogens with zero attached hydrogens (tertiary/aromatic N) is 1. The minimum absolute atomic E-state index is 0.234. The van der Waals surface area contributed by atoms with Crippen LogP contribution in [-0.2, 0) is 10.8 Å². The summed E-state index contributed by atoms with van der Waals surface area (Å²) in [6.45, 7) is 9.58. The minimum Gasteiger partial charge on any atom is -0.455 e. The van der Waals surface area contributed by atoms with Crippen LogP contribution >= 0.6 is 0 Å². The van der Waals surface area contributed by atoms with E-state index in [4.69, 9.17) is 4.42 Å². The molecular weight excluding hydrogens is 847 g/mol. The molecule has 11 aromatic carbocycles. The maximum atomic E-state index is 6.61. The third kappa shape index (κ3) is 6.12. The van der Waals surface area contributed by atoms with E-state index in [1.54, 1.807) is 0 Å². The van der Waals surface area contributed by atoms with Crippen molar-refractivity contribution in [1.82, 2.24) is 0 Å². The number of hydrogen-bond acceptors (Lipinski definition) is 2. The third-order valence-electron chi connectivity index (χ3n) is 15.8. The molecule has 0 atom stereocenters. The zero-order valence-electron chi connectivity index (χ0n) is 39.7. The van der Waals surface area contributed by atoms with Gasteiger partial charge >= 0.3 is 0 Å². The van der Waals surface area contributed by atoms with Crippen molar-refractivity contribution in [3.05, 3.63) is 247 Å². The molecule has 0 fully saturated rings. The molecule has 2 aliphatic carbocycles. The maximum absolute atomic E-state index is 6.61. The van der Waals surface area contributed by atoms with Crippen LogP contribution in [0, 0.1) is 0 Å². The van der Waals surface area contributed by atoms with Crippen LogP contribution in [0.5, 0.6) is 0 Å². The predicted molar refractivity (Wildman–Crippen MR) is 295 cm³/mol. The van der Waals surface area contributed by atoms with E-state index < -0.39 is 0 Å². The molecule has 2 aliphatic rings. The highest BCUT2D eigenvalue weighted by molar-refractivity contribution is 6.09. The van der Waals surface area contributed by atoms with Gasteiger partial charge < -0.3 is 9.32 Å². The molecule has 332 valence electrons. The van der Waals surface area contributed by atoms with Crippen molar-refractivity contribution < 1.29 is 4.42 Å². The molecule has 2 heteroatoms. The topological polar surface area (TPSA) is 16.4 Å². The van der Waals surface area contributed by atoms with Gasteiger partial charge in [-0.05, 0) is 161 Å². The summed E-state index contributed by atoms with van der Waals surface area (Å²) in [5.41, 5.74) is 22.4. The van der Waals surface area contributed by atoms with Crippen LogP contribution < -0.4 is 4.90 Å². The van der Waals surface area contributed by atoms with Crippen LogP contribution in [-0.4, -0.2) is 0 Å². The van der Waals surface area contributed by atoms with Crippen LogP contribution in [0.15, 0.2) is 229 Å². The van der Waals surface area contributed by atoms with Gasteiger partial charge in [0.1, 0.15) is 11.2 Å². The molecule has 0 radical (unpaired) electrons. The average Bonchev–Trinajstić information content (AvgIpc) is 3.97. The van der Waals surface area contributed by atoms with Crippen molar-refractivity contribution in [3.8, 4) is 55.6 Å². The lowest BCUT2D eigenvalue weighted by Gasteiger charge is -2.30. The Balaban J connectivity index is 0.900. The molecule has 0 aliphatic heterocycles. The predicted octanol–water partition coefficient (Wildman–Crippen LogP) is 19.0. The largest absolute Gasteiger partial charge is 0.455 e. The van der Waals surface area contributed by atoms with Crippen molar-refractivity contribution in [2.75, 3.05) is 4.90 Å². The van der Waals surface area contributed by atoms with E-state index in [0.29, 0.717) is 0 Å². The van der Waals surface area contributed by atoms with Crippen LogP contribution in [0.25, 0.3) is 99.1 Å². The average molecular weight is 896 g/mol. The van der Waals surface area contributed by atoms with E-state index in [0.717, 1.165) is 50.1 Å². The van der Waals surface area contributed by atoms with Gasteiger partial charge in [0.15, 0.2) is 0 Å². The van der Waals surface area contributed by atoms with Crippen LogP contribution in [0.3, 0.4) is 0 Å². The van der Waals surface area contributed by atoms with E-state index >= 15 is 0 Å². The first-order valence-electron chi connectivity index (χ1n) is 24.6. The van der Waals surface area contributed by atoms with Crippen molar-refractivity contribution in [1.29, 1.82) is 0 Å². The quantitative estimate of drug-likeness (QED) is 0.165.